The van der Waals surface area contributed by atoms with E-state index in [1.165, 1.54) is 11.3 Å². The molecular weight excluding hydrogens is 218 g/mol. The molecule has 0 aliphatic carbocycles. The van der Waals surface area contributed by atoms with Crippen molar-refractivity contribution in [3.05, 3.63) is 51.7 Å². The Labute approximate surface area is 98.9 Å². The molecule has 1 amide bonds. The van der Waals surface area contributed by atoms with Crippen molar-refractivity contribution in [2.75, 3.05) is 5.32 Å². The van der Waals surface area contributed by atoms with Crippen LogP contribution in [-0.2, 0) is 0 Å². The van der Waals surface area contributed by atoms with E-state index < -0.39 is 0 Å². The van der Waals surface area contributed by atoms with Gasteiger partial charge in [-0.1, -0.05) is 18.2 Å². The quantitative estimate of drug-likeness (QED) is 0.840. The van der Waals surface area contributed by atoms with Gasteiger partial charge in [-0.05, 0) is 36.4 Å². The number of amides is 1. The molecule has 82 valence electrons. The number of anilines is 1. The summed E-state index contributed by atoms with van der Waals surface area (Å²) in [5, 5.41) is 6.70. The summed E-state index contributed by atoms with van der Waals surface area (Å²) in [7, 11) is 0. The third-order valence-electron chi connectivity index (χ3n) is 2.50. The Balaban J connectivity index is 2.25. The molecule has 2 rings (SSSR count). The molecule has 2 aromatic rings. The lowest BCUT2D eigenvalue weighted by Gasteiger charge is -2.10. The predicted octanol–water partition coefficient (Wildman–Crippen LogP) is 3.62. The van der Waals surface area contributed by atoms with Gasteiger partial charge in [0.25, 0.3) is 5.91 Å². The van der Waals surface area contributed by atoms with Crippen molar-refractivity contribution in [3.8, 4) is 0 Å². The average molecular weight is 231 g/mol. The molecule has 1 aromatic carbocycles. The van der Waals surface area contributed by atoms with Crippen LogP contribution in [0.3, 0.4) is 0 Å². The lowest BCUT2D eigenvalue weighted by molar-refractivity contribution is 0.102. The van der Waals surface area contributed by atoms with E-state index in [-0.39, 0.29) is 5.91 Å². The molecule has 0 bridgehead atoms. The first-order chi connectivity index (χ1) is 7.68. The minimum Gasteiger partial charge on any atom is -0.321 e. The van der Waals surface area contributed by atoms with E-state index in [1.54, 1.807) is 0 Å². The molecule has 0 unspecified atom stereocenters. The summed E-state index contributed by atoms with van der Waals surface area (Å²) in [6.45, 7) is 3.99. The molecule has 0 saturated carbocycles. The Hall–Kier alpha value is -1.61. The van der Waals surface area contributed by atoms with Crippen molar-refractivity contribution in [2.24, 2.45) is 0 Å². The third kappa shape index (κ3) is 2.14. The highest BCUT2D eigenvalue weighted by Crippen LogP contribution is 2.20. The monoisotopic (exact) mass is 231 g/mol. The van der Waals surface area contributed by atoms with Gasteiger partial charge in [-0.25, -0.2) is 0 Å². The molecule has 16 heavy (non-hydrogen) atoms. The van der Waals surface area contributed by atoms with Gasteiger partial charge in [-0.15, -0.1) is 0 Å². The van der Waals surface area contributed by atoms with Crippen LogP contribution in [0.15, 0.2) is 35.0 Å². The molecule has 0 fully saturated rings. The highest BCUT2D eigenvalue weighted by atomic mass is 32.1. The van der Waals surface area contributed by atoms with Crippen LogP contribution in [0, 0.1) is 13.8 Å². The van der Waals surface area contributed by atoms with Gasteiger partial charge >= 0.3 is 0 Å². The number of hydrogen-bond donors (Lipinski definition) is 1. The SMILES string of the molecule is Cc1cccc(C)c1NC(=O)c1ccsc1. The Kier molecular flexibility index (Phi) is 3.06. The highest BCUT2D eigenvalue weighted by molar-refractivity contribution is 7.08. The van der Waals surface area contributed by atoms with Crippen molar-refractivity contribution in [1.82, 2.24) is 0 Å². The molecule has 0 atom stereocenters. The summed E-state index contributed by atoms with van der Waals surface area (Å²) < 4.78 is 0. The normalized spacial score (nSPS) is 10.1. The number of carbonyl (C=O) groups excluding carboxylic acids is 1. The van der Waals surface area contributed by atoms with E-state index in [9.17, 15) is 4.79 Å². The van der Waals surface area contributed by atoms with Crippen molar-refractivity contribution < 1.29 is 4.79 Å². The summed E-state index contributed by atoms with van der Waals surface area (Å²) in [5.41, 5.74) is 3.80. The van der Waals surface area contributed by atoms with Gasteiger partial charge in [-0.2, -0.15) is 11.3 Å². The van der Waals surface area contributed by atoms with Crippen molar-refractivity contribution in [1.29, 1.82) is 0 Å². The molecule has 0 spiro atoms. The van der Waals surface area contributed by atoms with E-state index >= 15 is 0 Å². The van der Waals surface area contributed by atoms with E-state index in [0.717, 1.165) is 16.8 Å². The van der Waals surface area contributed by atoms with Crippen LogP contribution in [0.4, 0.5) is 5.69 Å². The number of carbonyl (C=O) groups is 1. The highest BCUT2D eigenvalue weighted by Gasteiger charge is 2.09. The fourth-order valence-electron chi connectivity index (χ4n) is 1.59. The van der Waals surface area contributed by atoms with E-state index in [4.69, 9.17) is 0 Å². The maximum absolute atomic E-state index is 11.9. The smallest absolute Gasteiger partial charge is 0.256 e. The lowest BCUT2D eigenvalue weighted by Crippen LogP contribution is -2.12. The Morgan fingerprint density at radius 1 is 1.19 bits per heavy atom. The molecule has 0 radical (unpaired) electrons. The number of aryl methyl sites for hydroxylation is 2. The largest absolute Gasteiger partial charge is 0.321 e. The fourth-order valence-corrected chi connectivity index (χ4v) is 2.23. The Morgan fingerprint density at radius 3 is 2.44 bits per heavy atom. The second kappa shape index (κ2) is 4.49. The van der Waals surface area contributed by atoms with Gasteiger partial charge in [0.15, 0.2) is 0 Å². The standard InChI is InChI=1S/C13H13NOS/c1-9-4-3-5-10(2)12(9)14-13(15)11-6-7-16-8-11/h3-8H,1-2H3,(H,14,15). The second-order valence-corrected chi connectivity index (χ2v) is 4.51. The molecule has 0 saturated heterocycles. The maximum atomic E-state index is 11.9. The third-order valence-corrected chi connectivity index (χ3v) is 3.19. The summed E-state index contributed by atoms with van der Waals surface area (Å²) >= 11 is 1.53. The Morgan fingerprint density at radius 2 is 1.88 bits per heavy atom. The average Bonchev–Trinajstić information content (AvgIpc) is 2.76. The minimum atomic E-state index is -0.0429. The first-order valence-corrected chi connectivity index (χ1v) is 6.02. The predicted molar refractivity (Wildman–Crippen MR) is 68.2 cm³/mol. The molecule has 0 aliphatic heterocycles. The molecule has 1 heterocycles. The van der Waals surface area contributed by atoms with Crippen molar-refractivity contribution >= 4 is 22.9 Å². The van der Waals surface area contributed by atoms with Crippen LogP contribution >= 0.6 is 11.3 Å². The van der Waals surface area contributed by atoms with Crippen LogP contribution in [-0.4, -0.2) is 5.91 Å². The van der Waals surface area contributed by atoms with E-state index in [0.29, 0.717) is 5.56 Å². The summed E-state index contributed by atoms with van der Waals surface area (Å²) in [6.07, 6.45) is 0. The molecule has 1 aromatic heterocycles. The van der Waals surface area contributed by atoms with Crippen molar-refractivity contribution in [2.45, 2.75) is 13.8 Å². The van der Waals surface area contributed by atoms with Gasteiger partial charge in [0.05, 0.1) is 5.56 Å². The van der Waals surface area contributed by atoms with Crippen LogP contribution in [0.2, 0.25) is 0 Å². The van der Waals surface area contributed by atoms with Gasteiger partial charge in [0, 0.05) is 11.1 Å². The summed E-state index contributed by atoms with van der Waals surface area (Å²) in [6, 6.07) is 7.81. The van der Waals surface area contributed by atoms with E-state index in [2.05, 4.69) is 5.32 Å². The van der Waals surface area contributed by atoms with Crippen molar-refractivity contribution in [3.63, 3.8) is 0 Å². The maximum Gasteiger partial charge on any atom is 0.256 e. The zero-order chi connectivity index (χ0) is 11.5. The topological polar surface area (TPSA) is 29.1 Å². The number of hydrogen-bond acceptors (Lipinski definition) is 2. The molecular formula is C13H13NOS. The summed E-state index contributed by atoms with van der Waals surface area (Å²) in [5.74, 6) is -0.0429. The molecule has 3 heteroatoms. The van der Waals surface area contributed by atoms with Gasteiger partial charge in [-0.3, -0.25) is 4.79 Å². The van der Waals surface area contributed by atoms with Crippen LogP contribution in [0.5, 0.6) is 0 Å². The van der Waals surface area contributed by atoms with Gasteiger partial charge in [0.1, 0.15) is 0 Å². The first-order valence-electron chi connectivity index (χ1n) is 5.08. The summed E-state index contributed by atoms with van der Waals surface area (Å²) in [4.78, 5) is 11.9. The lowest BCUT2D eigenvalue weighted by atomic mass is 10.1. The molecule has 2 nitrogen and oxygen atoms in total. The van der Waals surface area contributed by atoms with Crippen LogP contribution < -0.4 is 5.32 Å². The molecule has 0 aliphatic rings. The fraction of sp³-hybridized carbons (Fsp3) is 0.154. The molecule has 1 N–H and O–H groups in total. The van der Waals surface area contributed by atoms with Crippen LogP contribution in [0.25, 0.3) is 0 Å². The van der Waals surface area contributed by atoms with Gasteiger partial charge in [0.2, 0.25) is 0 Å². The number of para-hydroxylation sites is 1. The van der Waals surface area contributed by atoms with E-state index in [1.807, 2.05) is 48.9 Å². The zero-order valence-electron chi connectivity index (χ0n) is 9.28. The number of rotatable bonds is 2. The van der Waals surface area contributed by atoms with Gasteiger partial charge < -0.3 is 5.32 Å². The zero-order valence-corrected chi connectivity index (χ0v) is 10.1. The van der Waals surface area contributed by atoms with Crippen LogP contribution in [0.1, 0.15) is 21.5 Å². The second-order valence-electron chi connectivity index (χ2n) is 3.73. The minimum absolute atomic E-state index is 0.0429. The number of nitrogens with one attached hydrogen (secondary N) is 1. The number of thiophene rings is 1. The number of benzene rings is 1. The first kappa shape index (κ1) is 10.9. The Bertz CT molecular complexity index is 482.